The molecule has 0 aliphatic heterocycles. The Hall–Kier alpha value is -2.41. The first-order valence-electron chi connectivity index (χ1n) is 5.72. The fraction of sp³-hybridized carbons (Fsp3) is 0.154. The first-order chi connectivity index (χ1) is 9.63. The number of ether oxygens (including phenoxy) is 1. The number of carboxylic acid groups (broad SMARTS) is 1. The summed E-state index contributed by atoms with van der Waals surface area (Å²) in [6.07, 6.45) is 1.16. The van der Waals surface area contributed by atoms with Crippen LogP contribution in [0, 0.1) is 0 Å². The lowest BCUT2D eigenvalue weighted by Crippen LogP contribution is -2.23. The van der Waals surface area contributed by atoms with Gasteiger partial charge in [0.25, 0.3) is 0 Å². The SMILES string of the molecule is COC=C(C(=O)O)N(C)c1nc(-c2ccccc2)ns1. The standard InChI is InChI=1S/C13H13N3O3S/c1-16(10(8-19-2)12(17)18)13-14-11(15-20-13)9-6-4-3-5-7-9/h3-8H,1-2H3,(H,17,18). The predicted molar refractivity (Wildman–Crippen MR) is 76.5 cm³/mol. The van der Waals surface area contributed by atoms with Gasteiger partial charge in [0, 0.05) is 24.1 Å². The van der Waals surface area contributed by atoms with E-state index in [1.807, 2.05) is 30.3 Å². The number of hydrogen-bond donors (Lipinski definition) is 1. The molecule has 0 spiro atoms. The van der Waals surface area contributed by atoms with Gasteiger partial charge in [0.05, 0.1) is 7.11 Å². The van der Waals surface area contributed by atoms with E-state index in [0.717, 1.165) is 23.4 Å². The molecule has 0 unspecified atom stereocenters. The lowest BCUT2D eigenvalue weighted by molar-refractivity contribution is -0.132. The van der Waals surface area contributed by atoms with Crippen molar-refractivity contribution in [2.24, 2.45) is 0 Å². The van der Waals surface area contributed by atoms with Crippen molar-refractivity contribution >= 4 is 22.6 Å². The Bertz CT molecular complexity index is 625. The average Bonchev–Trinajstić information content (AvgIpc) is 2.94. The van der Waals surface area contributed by atoms with Crippen molar-refractivity contribution < 1.29 is 14.6 Å². The number of benzene rings is 1. The van der Waals surface area contributed by atoms with E-state index in [1.165, 1.54) is 12.0 Å². The van der Waals surface area contributed by atoms with Crippen molar-refractivity contribution in [2.45, 2.75) is 0 Å². The molecule has 2 rings (SSSR count). The molecule has 0 bridgehead atoms. The van der Waals surface area contributed by atoms with Crippen LogP contribution in [-0.2, 0) is 9.53 Å². The lowest BCUT2D eigenvalue weighted by atomic mass is 10.2. The maximum Gasteiger partial charge on any atom is 0.355 e. The molecule has 0 saturated carbocycles. The second kappa shape index (κ2) is 6.16. The van der Waals surface area contributed by atoms with E-state index in [9.17, 15) is 4.79 Å². The number of carboxylic acids is 1. The molecule has 0 fully saturated rings. The van der Waals surface area contributed by atoms with Crippen LogP contribution in [-0.4, -0.2) is 34.6 Å². The van der Waals surface area contributed by atoms with Crippen LogP contribution in [0.15, 0.2) is 42.3 Å². The zero-order valence-corrected chi connectivity index (χ0v) is 11.8. The summed E-state index contributed by atoms with van der Waals surface area (Å²) in [7, 11) is 3.00. The molecule has 0 atom stereocenters. The van der Waals surface area contributed by atoms with E-state index in [4.69, 9.17) is 9.84 Å². The number of aliphatic carboxylic acids is 1. The Morgan fingerprint density at radius 1 is 1.40 bits per heavy atom. The smallest absolute Gasteiger partial charge is 0.355 e. The number of carbonyl (C=O) groups is 1. The Balaban J connectivity index is 2.29. The van der Waals surface area contributed by atoms with Crippen LogP contribution in [0.2, 0.25) is 0 Å². The van der Waals surface area contributed by atoms with Gasteiger partial charge in [-0.2, -0.15) is 9.36 Å². The van der Waals surface area contributed by atoms with E-state index in [2.05, 4.69) is 9.36 Å². The molecule has 2 aromatic rings. The summed E-state index contributed by atoms with van der Waals surface area (Å²) in [5.41, 5.74) is 0.874. The highest BCUT2D eigenvalue weighted by atomic mass is 32.1. The minimum Gasteiger partial charge on any atom is -0.502 e. The highest BCUT2D eigenvalue weighted by Gasteiger charge is 2.19. The van der Waals surface area contributed by atoms with Gasteiger partial charge in [-0.1, -0.05) is 30.3 Å². The first kappa shape index (κ1) is 14.0. The van der Waals surface area contributed by atoms with Crippen molar-refractivity contribution in [1.29, 1.82) is 0 Å². The molecule has 7 heteroatoms. The number of methoxy groups -OCH3 is 1. The van der Waals surface area contributed by atoms with Crippen LogP contribution in [0.4, 0.5) is 5.13 Å². The van der Waals surface area contributed by atoms with Crippen LogP contribution in [0.3, 0.4) is 0 Å². The second-order valence-electron chi connectivity index (χ2n) is 3.87. The van der Waals surface area contributed by atoms with Gasteiger partial charge in [-0.05, 0) is 0 Å². The van der Waals surface area contributed by atoms with Crippen LogP contribution < -0.4 is 4.90 Å². The highest BCUT2D eigenvalue weighted by Crippen LogP contribution is 2.25. The minimum atomic E-state index is -1.09. The summed E-state index contributed by atoms with van der Waals surface area (Å²) >= 11 is 1.13. The Kier molecular flexibility index (Phi) is 4.31. The van der Waals surface area contributed by atoms with Crippen molar-refractivity contribution in [3.05, 3.63) is 42.3 Å². The molecule has 0 radical (unpaired) electrons. The molecule has 1 heterocycles. The van der Waals surface area contributed by atoms with Gasteiger partial charge in [0.2, 0.25) is 5.13 Å². The third kappa shape index (κ3) is 2.94. The maximum absolute atomic E-state index is 11.1. The number of likely N-dealkylation sites (N-methyl/N-ethyl adjacent to an activating group) is 1. The van der Waals surface area contributed by atoms with Crippen LogP contribution in [0.1, 0.15) is 0 Å². The topological polar surface area (TPSA) is 75.6 Å². The number of hydrogen-bond acceptors (Lipinski definition) is 6. The maximum atomic E-state index is 11.1. The Morgan fingerprint density at radius 2 is 2.10 bits per heavy atom. The molecule has 20 heavy (non-hydrogen) atoms. The van der Waals surface area contributed by atoms with E-state index < -0.39 is 5.97 Å². The van der Waals surface area contributed by atoms with E-state index in [1.54, 1.807) is 7.05 Å². The fourth-order valence-corrected chi connectivity index (χ4v) is 2.21. The number of anilines is 1. The molecule has 104 valence electrons. The summed E-state index contributed by atoms with van der Waals surface area (Å²) in [4.78, 5) is 16.9. The second-order valence-corrected chi connectivity index (χ2v) is 4.60. The molecule has 1 N–H and O–H groups in total. The van der Waals surface area contributed by atoms with Crippen molar-refractivity contribution in [3.63, 3.8) is 0 Å². The van der Waals surface area contributed by atoms with Gasteiger partial charge in [-0.25, -0.2) is 4.79 Å². The molecule has 0 aliphatic carbocycles. The van der Waals surface area contributed by atoms with Gasteiger partial charge in [0.1, 0.15) is 6.26 Å². The zero-order valence-electron chi connectivity index (χ0n) is 11.0. The lowest BCUT2D eigenvalue weighted by Gasteiger charge is -2.14. The summed E-state index contributed by atoms with van der Waals surface area (Å²) in [6.45, 7) is 0. The van der Waals surface area contributed by atoms with E-state index >= 15 is 0 Å². The average molecular weight is 291 g/mol. The summed E-state index contributed by atoms with van der Waals surface area (Å²) in [5.74, 6) is -0.523. The first-order valence-corrected chi connectivity index (χ1v) is 6.50. The fourth-order valence-electron chi connectivity index (χ4n) is 1.54. The molecular weight excluding hydrogens is 278 g/mol. The number of nitrogens with zero attached hydrogens (tertiary/aromatic N) is 3. The molecule has 0 amide bonds. The molecule has 6 nitrogen and oxygen atoms in total. The van der Waals surface area contributed by atoms with Gasteiger partial charge >= 0.3 is 5.97 Å². The van der Waals surface area contributed by atoms with Crippen molar-refractivity contribution in [2.75, 3.05) is 19.1 Å². The van der Waals surface area contributed by atoms with Gasteiger partial charge < -0.3 is 14.7 Å². The normalized spacial score (nSPS) is 11.2. The highest BCUT2D eigenvalue weighted by molar-refractivity contribution is 7.10. The minimum absolute atomic E-state index is 0.0109. The van der Waals surface area contributed by atoms with Crippen LogP contribution in [0.25, 0.3) is 11.4 Å². The predicted octanol–water partition coefficient (Wildman–Crippen LogP) is 2.21. The van der Waals surface area contributed by atoms with Crippen LogP contribution >= 0.6 is 11.5 Å². The summed E-state index contributed by atoms with van der Waals surface area (Å²) in [5, 5.41) is 9.61. The molecule has 0 saturated heterocycles. The van der Waals surface area contributed by atoms with Crippen molar-refractivity contribution in [3.8, 4) is 11.4 Å². The molecule has 1 aromatic heterocycles. The summed E-state index contributed by atoms with van der Waals surface area (Å²) in [6, 6.07) is 9.50. The van der Waals surface area contributed by atoms with Gasteiger partial charge in [-0.15, -0.1) is 0 Å². The Labute approximate surface area is 120 Å². The monoisotopic (exact) mass is 291 g/mol. The molecule has 0 aliphatic rings. The summed E-state index contributed by atoms with van der Waals surface area (Å²) < 4.78 is 9.01. The zero-order chi connectivity index (χ0) is 14.5. The quantitative estimate of drug-likeness (QED) is 0.672. The third-order valence-corrected chi connectivity index (χ3v) is 3.34. The Morgan fingerprint density at radius 3 is 2.70 bits per heavy atom. The molecular formula is C13H13N3O3S. The number of rotatable bonds is 5. The largest absolute Gasteiger partial charge is 0.502 e. The van der Waals surface area contributed by atoms with Gasteiger partial charge in [0.15, 0.2) is 11.5 Å². The van der Waals surface area contributed by atoms with Crippen LogP contribution in [0.5, 0.6) is 0 Å². The van der Waals surface area contributed by atoms with Crippen molar-refractivity contribution in [1.82, 2.24) is 9.36 Å². The van der Waals surface area contributed by atoms with Gasteiger partial charge in [-0.3, -0.25) is 0 Å². The van der Waals surface area contributed by atoms with E-state index in [0.29, 0.717) is 11.0 Å². The third-order valence-electron chi connectivity index (χ3n) is 2.54. The van der Waals surface area contributed by atoms with E-state index in [-0.39, 0.29) is 5.70 Å². The number of aromatic nitrogens is 2. The molecule has 1 aromatic carbocycles.